The van der Waals surface area contributed by atoms with Gasteiger partial charge in [0.15, 0.2) is 23.9 Å². The Morgan fingerprint density at radius 2 is 2.17 bits per heavy atom. The SMILES string of the molecule is CC1(C)Cc2cccc(OCC(=O)NCCn3nc(-n4cncn4)ccc3=O)c2O1. The van der Waals surface area contributed by atoms with Gasteiger partial charge in [0.1, 0.15) is 18.3 Å². The Balaban J connectivity index is 1.30. The summed E-state index contributed by atoms with van der Waals surface area (Å²) >= 11 is 0. The van der Waals surface area contributed by atoms with Crippen molar-refractivity contribution in [1.82, 2.24) is 29.9 Å². The molecule has 0 unspecified atom stereocenters. The van der Waals surface area contributed by atoms with E-state index in [2.05, 4.69) is 20.5 Å². The molecule has 0 aliphatic carbocycles. The van der Waals surface area contributed by atoms with E-state index < -0.39 is 0 Å². The molecule has 1 aliphatic rings. The topological polar surface area (TPSA) is 113 Å². The fraction of sp³-hybridized carbons (Fsp3) is 0.350. The lowest BCUT2D eigenvalue weighted by molar-refractivity contribution is -0.123. The van der Waals surface area contributed by atoms with Crippen molar-refractivity contribution in [2.75, 3.05) is 13.2 Å². The van der Waals surface area contributed by atoms with Crippen molar-refractivity contribution in [3.63, 3.8) is 0 Å². The summed E-state index contributed by atoms with van der Waals surface area (Å²) in [7, 11) is 0. The van der Waals surface area contributed by atoms with E-state index in [0.29, 0.717) is 17.3 Å². The van der Waals surface area contributed by atoms with Crippen LogP contribution in [0.3, 0.4) is 0 Å². The Morgan fingerprint density at radius 1 is 1.30 bits per heavy atom. The summed E-state index contributed by atoms with van der Waals surface area (Å²) in [6.07, 6.45) is 3.66. The molecule has 0 saturated carbocycles. The Labute approximate surface area is 172 Å². The minimum absolute atomic E-state index is 0.151. The van der Waals surface area contributed by atoms with Crippen LogP contribution in [0.1, 0.15) is 19.4 Å². The second-order valence-electron chi connectivity index (χ2n) is 7.51. The molecule has 2 aromatic heterocycles. The van der Waals surface area contributed by atoms with E-state index in [4.69, 9.17) is 9.47 Å². The molecule has 3 heterocycles. The number of fused-ring (bicyclic) bond motifs is 1. The largest absolute Gasteiger partial charge is 0.483 e. The standard InChI is InChI=1S/C20H22N6O4/c1-20(2)10-14-4-3-5-15(19(14)30-20)29-11-17(27)22-8-9-25-18(28)7-6-16(24-25)26-13-21-12-23-26/h3-7,12-13H,8-11H2,1-2H3,(H,22,27). The average Bonchev–Trinajstić information content (AvgIpc) is 3.34. The van der Waals surface area contributed by atoms with Gasteiger partial charge in [-0.15, -0.1) is 5.10 Å². The predicted molar refractivity (Wildman–Crippen MR) is 107 cm³/mol. The highest BCUT2D eigenvalue weighted by atomic mass is 16.5. The van der Waals surface area contributed by atoms with Gasteiger partial charge >= 0.3 is 0 Å². The number of carbonyl (C=O) groups is 1. The molecule has 10 heteroatoms. The second kappa shape index (κ2) is 7.97. The van der Waals surface area contributed by atoms with Crippen molar-refractivity contribution >= 4 is 5.91 Å². The van der Waals surface area contributed by atoms with Crippen LogP contribution in [-0.2, 0) is 17.8 Å². The van der Waals surface area contributed by atoms with Crippen LogP contribution < -0.4 is 20.3 Å². The van der Waals surface area contributed by atoms with Gasteiger partial charge in [0.2, 0.25) is 0 Å². The lowest BCUT2D eigenvalue weighted by atomic mass is 10.0. The Morgan fingerprint density at radius 3 is 2.97 bits per heavy atom. The normalized spacial score (nSPS) is 14.1. The smallest absolute Gasteiger partial charge is 0.266 e. The van der Waals surface area contributed by atoms with Crippen LogP contribution in [0.15, 0.2) is 47.8 Å². The summed E-state index contributed by atoms with van der Waals surface area (Å²) in [6.45, 7) is 4.31. The minimum Gasteiger partial charge on any atom is -0.483 e. The van der Waals surface area contributed by atoms with Gasteiger partial charge in [-0.2, -0.15) is 5.10 Å². The van der Waals surface area contributed by atoms with Crippen molar-refractivity contribution in [3.05, 3.63) is 58.9 Å². The van der Waals surface area contributed by atoms with Gasteiger partial charge in [-0.25, -0.2) is 14.3 Å². The van der Waals surface area contributed by atoms with E-state index in [-0.39, 0.29) is 36.8 Å². The van der Waals surface area contributed by atoms with Crippen LogP contribution >= 0.6 is 0 Å². The number of carbonyl (C=O) groups excluding carboxylic acids is 1. The van der Waals surface area contributed by atoms with Gasteiger partial charge in [0.25, 0.3) is 11.5 Å². The van der Waals surface area contributed by atoms with E-state index >= 15 is 0 Å². The molecule has 0 fully saturated rings. The third-order valence-electron chi connectivity index (χ3n) is 4.57. The van der Waals surface area contributed by atoms with Gasteiger partial charge in [-0.1, -0.05) is 12.1 Å². The zero-order chi connectivity index (χ0) is 21.1. The fourth-order valence-corrected chi connectivity index (χ4v) is 3.24. The number of benzene rings is 1. The molecule has 10 nitrogen and oxygen atoms in total. The summed E-state index contributed by atoms with van der Waals surface area (Å²) in [4.78, 5) is 28.0. The molecule has 0 spiro atoms. The fourth-order valence-electron chi connectivity index (χ4n) is 3.24. The van der Waals surface area contributed by atoms with E-state index in [1.54, 1.807) is 12.1 Å². The number of hydrogen-bond donors (Lipinski definition) is 1. The van der Waals surface area contributed by atoms with Gasteiger partial charge in [0.05, 0.1) is 6.54 Å². The van der Waals surface area contributed by atoms with E-state index in [9.17, 15) is 9.59 Å². The zero-order valence-electron chi connectivity index (χ0n) is 16.7. The van der Waals surface area contributed by atoms with Gasteiger partial charge < -0.3 is 14.8 Å². The monoisotopic (exact) mass is 410 g/mol. The molecular weight excluding hydrogens is 388 g/mol. The van der Waals surface area contributed by atoms with Gasteiger partial charge in [0, 0.05) is 24.6 Å². The first kappa shape index (κ1) is 19.6. The van der Waals surface area contributed by atoms with Crippen molar-refractivity contribution in [2.45, 2.75) is 32.4 Å². The number of para-hydroxylation sites is 1. The Kier molecular flexibility index (Phi) is 5.21. The summed E-state index contributed by atoms with van der Waals surface area (Å²) in [5, 5.41) is 10.9. The molecule has 4 rings (SSSR count). The highest BCUT2D eigenvalue weighted by molar-refractivity contribution is 5.77. The maximum Gasteiger partial charge on any atom is 0.266 e. The molecular formula is C20H22N6O4. The van der Waals surface area contributed by atoms with E-state index in [0.717, 1.165) is 12.0 Å². The molecule has 156 valence electrons. The molecule has 1 aromatic carbocycles. The van der Waals surface area contributed by atoms with Crippen molar-refractivity contribution in [2.24, 2.45) is 0 Å². The summed E-state index contributed by atoms with van der Waals surface area (Å²) in [5.41, 5.74) is 0.505. The lowest BCUT2D eigenvalue weighted by Gasteiger charge is -2.18. The zero-order valence-corrected chi connectivity index (χ0v) is 16.7. The molecule has 0 saturated heterocycles. The summed E-state index contributed by atoms with van der Waals surface area (Å²) < 4.78 is 14.3. The van der Waals surface area contributed by atoms with Gasteiger partial charge in [-0.3, -0.25) is 9.59 Å². The molecule has 0 bridgehead atoms. The Bertz CT molecular complexity index is 1110. The van der Waals surface area contributed by atoms with Crippen LogP contribution in [0.4, 0.5) is 0 Å². The molecule has 0 atom stereocenters. The Hall–Kier alpha value is -3.69. The molecule has 1 N–H and O–H groups in total. The second-order valence-corrected chi connectivity index (χ2v) is 7.51. The first-order chi connectivity index (χ1) is 14.4. The molecule has 1 amide bonds. The van der Waals surface area contributed by atoms with Crippen LogP contribution in [-0.4, -0.2) is 49.2 Å². The molecule has 30 heavy (non-hydrogen) atoms. The van der Waals surface area contributed by atoms with Crippen molar-refractivity contribution in [1.29, 1.82) is 0 Å². The first-order valence-electron chi connectivity index (χ1n) is 9.55. The summed E-state index contributed by atoms with van der Waals surface area (Å²) in [6, 6.07) is 8.62. The van der Waals surface area contributed by atoms with Crippen LogP contribution in [0, 0.1) is 0 Å². The summed E-state index contributed by atoms with van der Waals surface area (Å²) in [5.74, 6) is 1.40. The number of nitrogens with one attached hydrogen (secondary N) is 1. The quantitative estimate of drug-likeness (QED) is 0.611. The van der Waals surface area contributed by atoms with Crippen LogP contribution in [0.5, 0.6) is 11.5 Å². The molecule has 0 radical (unpaired) electrons. The highest BCUT2D eigenvalue weighted by Crippen LogP contribution is 2.41. The van der Waals surface area contributed by atoms with Crippen molar-refractivity contribution < 1.29 is 14.3 Å². The number of aromatic nitrogens is 5. The average molecular weight is 410 g/mol. The first-order valence-corrected chi connectivity index (χ1v) is 9.55. The maximum atomic E-state index is 12.2. The van der Waals surface area contributed by atoms with Crippen LogP contribution in [0.2, 0.25) is 0 Å². The highest BCUT2D eigenvalue weighted by Gasteiger charge is 2.32. The van der Waals surface area contributed by atoms with Gasteiger partial charge in [-0.05, 0) is 26.0 Å². The number of rotatable bonds is 7. The maximum absolute atomic E-state index is 12.2. The van der Waals surface area contributed by atoms with E-state index in [1.807, 2.05) is 26.0 Å². The number of amides is 1. The van der Waals surface area contributed by atoms with E-state index in [1.165, 1.54) is 28.1 Å². The number of hydrogen-bond acceptors (Lipinski definition) is 7. The number of ether oxygens (including phenoxy) is 2. The lowest BCUT2D eigenvalue weighted by Crippen LogP contribution is -2.34. The van der Waals surface area contributed by atoms with Crippen LogP contribution in [0.25, 0.3) is 5.82 Å². The predicted octanol–water partition coefficient (Wildman–Crippen LogP) is 0.733. The van der Waals surface area contributed by atoms with Crippen molar-refractivity contribution in [3.8, 4) is 17.3 Å². The third kappa shape index (κ3) is 4.32. The third-order valence-corrected chi connectivity index (χ3v) is 4.57. The molecule has 1 aliphatic heterocycles. The molecule has 3 aromatic rings. The number of nitrogens with zero attached hydrogens (tertiary/aromatic N) is 5. The minimum atomic E-state index is -0.301.